The van der Waals surface area contributed by atoms with Crippen molar-refractivity contribution in [3.8, 4) is 5.75 Å². The quantitative estimate of drug-likeness (QED) is 0.443. The van der Waals surface area contributed by atoms with Crippen LogP contribution in [0, 0.1) is 0 Å². The van der Waals surface area contributed by atoms with Crippen molar-refractivity contribution in [2.75, 3.05) is 12.0 Å². The van der Waals surface area contributed by atoms with Gasteiger partial charge in [-0.2, -0.15) is 10.1 Å². The van der Waals surface area contributed by atoms with E-state index in [1.165, 1.54) is 0 Å². The molecule has 0 aliphatic rings. The van der Waals surface area contributed by atoms with Crippen LogP contribution in [0.5, 0.6) is 5.75 Å². The lowest BCUT2D eigenvalue weighted by molar-refractivity contribution is 0.340. The first-order valence-electron chi connectivity index (χ1n) is 8.36. The molecule has 0 bridgehead atoms. The van der Waals surface area contributed by atoms with E-state index in [0.29, 0.717) is 12.6 Å². The second-order valence-electron chi connectivity index (χ2n) is 5.76. The topological polar surface area (TPSA) is 77.2 Å². The second-order valence-corrected chi connectivity index (χ2v) is 5.76. The van der Waals surface area contributed by atoms with E-state index in [9.17, 15) is 0 Å². The number of aromatic nitrogens is 4. The number of benzene rings is 2. The third kappa shape index (κ3) is 2.95. The summed E-state index contributed by atoms with van der Waals surface area (Å²) in [5.74, 6) is 1.16. The molecule has 0 saturated heterocycles. The Kier molecular flexibility index (Phi) is 4.18. The zero-order chi connectivity index (χ0) is 17.9. The van der Waals surface area contributed by atoms with E-state index < -0.39 is 0 Å². The van der Waals surface area contributed by atoms with Crippen LogP contribution in [0.1, 0.15) is 12.5 Å². The molecule has 26 heavy (non-hydrogen) atoms. The summed E-state index contributed by atoms with van der Waals surface area (Å²) in [4.78, 5) is 4.53. The summed E-state index contributed by atoms with van der Waals surface area (Å²) in [6.45, 7) is 2.58. The molecule has 0 amide bonds. The van der Waals surface area contributed by atoms with Gasteiger partial charge in [0.2, 0.25) is 0 Å². The number of nitrogens with zero attached hydrogens (tertiary/aromatic N) is 5. The third-order valence-electron chi connectivity index (χ3n) is 4.05. The van der Waals surface area contributed by atoms with Gasteiger partial charge in [0.1, 0.15) is 11.3 Å². The van der Waals surface area contributed by atoms with Crippen molar-refractivity contribution in [1.82, 2.24) is 19.7 Å². The summed E-state index contributed by atoms with van der Waals surface area (Å²) in [6.07, 6.45) is 1.69. The molecule has 7 heteroatoms. The zero-order valence-corrected chi connectivity index (χ0v) is 14.5. The maximum absolute atomic E-state index is 5.48. The first-order chi connectivity index (χ1) is 12.8. The van der Waals surface area contributed by atoms with Crippen molar-refractivity contribution in [3.05, 3.63) is 54.1 Å². The van der Waals surface area contributed by atoms with Crippen LogP contribution in [0.2, 0.25) is 0 Å². The molecule has 1 N–H and O–H groups in total. The molecule has 2 aromatic heterocycles. The molecular weight excluding hydrogens is 328 g/mol. The summed E-state index contributed by atoms with van der Waals surface area (Å²) >= 11 is 0. The number of nitrogens with one attached hydrogen (secondary N) is 1. The Labute approximate surface area is 150 Å². The molecule has 130 valence electrons. The lowest BCUT2D eigenvalue weighted by atomic mass is 10.2. The number of hydrogen-bond donors (Lipinski definition) is 1. The Morgan fingerprint density at radius 2 is 2.04 bits per heavy atom. The molecule has 0 fully saturated rings. The van der Waals surface area contributed by atoms with Gasteiger partial charge >= 0.3 is 0 Å². The van der Waals surface area contributed by atoms with E-state index in [4.69, 9.17) is 4.74 Å². The summed E-state index contributed by atoms with van der Waals surface area (Å²) < 4.78 is 7.48. The number of rotatable bonds is 5. The van der Waals surface area contributed by atoms with Crippen LogP contribution in [0.4, 0.5) is 5.95 Å². The monoisotopic (exact) mass is 346 g/mol. The zero-order valence-electron chi connectivity index (χ0n) is 14.5. The predicted molar refractivity (Wildman–Crippen MR) is 103 cm³/mol. The average molecular weight is 346 g/mol. The molecule has 0 radical (unpaired) electrons. The number of anilines is 1. The van der Waals surface area contributed by atoms with Gasteiger partial charge in [-0.15, -0.1) is 10.2 Å². The number of hydrogen-bond acceptors (Lipinski definition) is 6. The van der Waals surface area contributed by atoms with E-state index >= 15 is 0 Å². The minimum atomic E-state index is 0.348. The number of hydrazone groups is 1. The Morgan fingerprint density at radius 1 is 1.15 bits per heavy atom. The van der Waals surface area contributed by atoms with Gasteiger partial charge in [-0.05, 0) is 30.7 Å². The van der Waals surface area contributed by atoms with E-state index in [1.54, 1.807) is 6.21 Å². The molecule has 4 aromatic rings. The molecular formula is C19H18N6O. The summed E-state index contributed by atoms with van der Waals surface area (Å²) in [6, 6.07) is 15.7. The summed E-state index contributed by atoms with van der Waals surface area (Å²) in [7, 11) is 1.96. The molecule has 4 rings (SSSR count). The highest BCUT2D eigenvalue weighted by atomic mass is 16.5. The van der Waals surface area contributed by atoms with E-state index in [1.807, 2.05) is 67.1 Å². The fraction of sp³-hybridized carbons (Fsp3) is 0.158. The number of ether oxygens (including phenoxy) is 1. The van der Waals surface area contributed by atoms with Crippen molar-refractivity contribution in [2.45, 2.75) is 6.92 Å². The van der Waals surface area contributed by atoms with Gasteiger partial charge in [0.25, 0.3) is 5.95 Å². The number of para-hydroxylation sites is 1. The van der Waals surface area contributed by atoms with Crippen molar-refractivity contribution in [3.63, 3.8) is 0 Å². The Morgan fingerprint density at radius 3 is 2.92 bits per heavy atom. The first-order valence-corrected chi connectivity index (χ1v) is 8.36. The average Bonchev–Trinajstić information content (AvgIpc) is 2.95. The van der Waals surface area contributed by atoms with Crippen LogP contribution < -0.4 is 10.2 Å². The van der Waals surface area contributed by atoms with E-state index in [2.05, 4.69) is 25.7 Å². The lowest BCUT2D eigenvalue weighted by Crippen LogP contribution is -2.01. The Bertz CT molecular complexity index is 1100. The molecule has 0 atom stereocenters. The van der Waals surface area contributed by atoms with Crippen LogP contribution >= 0.6 is 0 Å². The van der Waals surface area contributed by atoms with Gasteiger partial charge in [0.05, 0.1) is 18.3 Å². The van der Waals surface area contributed by atoms with Crippen LogP contribution in [0.3, 0.4) is 0 Å². The molecule has 0 aliphatic carbocycles. The standard InChI is InChI=1S/C19H18N6O/c1-3-26-14-8-6-7-13(11-14)12-20-23-19-21-18-17(22-24-19)15-9-4-5-10-16(15)25(18)2/h4-12H,3H2,1-2H3,(H,21,23,24)/b20-12+. The fourth-order valence-corrected chi connectivity index (χ4v) is 2.87. The normalized spacial score (nSPS) is 11.5. The van der Waals surface area contributed by atoms with Gasteiger partial charge < -0.3 is 9.30 Å². The van der Waals surface area contributed by atoms with E-state index in [0.717, 1.165) is 33.4 Å². The molecule has 0 spiro atoms. The smallest absolute Gasteiger partial charge is 0.265 e. The third-order valence-corrected chi connectivity index (χ3v) is 4.05. The highest BCUT2D eigenvalue weighted by Gasteiger charge is 2.11. The largest absolute Gasteiger partial charge is 0.494 e. The molecule has 2 heterocycles. The van der Waals surface area contributed by atoms with Crippen LogP contribution in [0.15, 0.2) is 53.6 Å². The molecule has 0 saturated carbocycles. The number of fused-ring (bicyclic) bond motifs is 3. The van der Waals surface area contributed by atoms with Gasteiger partial charge in [-0.3, -0.25) is 0 Å². The van der Waals surface area contributed by atoms with Gasteiger partial charge in [0.15, 0.2) is 5.65 Å². The van der Waals surface area contributed by atoms with Gasteiger partial charge in [-0.25, -0.2) is 5.43 Å². The minimum absolute atomic E-state index is 0.348. The van der Waals surface area contributed by atoms with Gasteiger partial charge in [0, 0.05) is 12.4 Å². The van der Waals surface area contributed by atoms with Crippen molar-refractivity contribution >= 4 is 34.2 Å². The van der Waals surface area contributed by atoms with Crippen LogP contribution in [-0.2, 0) is 7.05 Å². The molecule has 0 unspecified atom stereocenters. The summed E-state index contributed by atoms with van der Waals surface area (Å²) in [5.41, 5.74) is 6.37. The second kappa shape index (κ2) is 6.79. The van der Waals surface area contributed by atoms with Gasteiger partial charge in [-0.1, -0.05) is 30.3 Å². The van der Waals surface area contributed by atoms with Crippen LogP contribution in [-0.4, -0.2) is 32.6 Å². The SMILES string of the molecule is CCOc1cccc(/C=N/Nc2nnc3c4ccccc4n(C)c3n2)c1. The Balaban J connectivity index is 1.59. The molecule has 2 aromatic carbocycles. The molecule has 7 nitrogen and oxygen atoms in total. The van der Waals surface area contributed by atoms with E-state index in [-0.39, 0.29) is 0 Å². The lowest BCUT2D eigenvalue weighted by Gasteiger charge is -2.03. The maximum atomic E-state index is 5.48. The minimum Gasteiger partial charge on any atom is -0.494 e. The van der Waals surface area contributed by atoms with Crippen molar-refractivity contribution in [1.29, 1.82) is 0 Å². The fourth-order valence-electron chi connectivity index (χ4n) is 2.87. The number of aryl methyl sites for hydroxylation is 1. The Hall–Kier alpha value is -3.48. The highest BCUT2D eigenvalue weighted by Crippen LogP contribution is 2.24. The maximum Gasteiger partial charge on any atom is 0.265 e. The molecule has 0 aliphatic heterocycles. The van der Waals surface area contributed by atoms with Crippen molar-refractivity contribution < 1.29 is 4.74 Å². The predicted octanol–water partition coefficient (Wildman–Crippen LogP) is 3.36. The summed E-state index contributed by atoms with van der Waals surface area (Å²) in [5, 5.41) is 13.7. The van der Waals surface area contributed by atoms with Crippen molar-refractivity contribution in [2.24, 2.45) is 12.1 Å². The highest BCUT2D eigenvalue weighted by molar-refractivity contribution is 6.04. The first kappa shape index (κ1) is 16.0. The van der Waals surface area contributed by atoms with Crippen LogP contribution in [0.25, 0.3) is 22.1 Å².